The van der Waals surface area contributed by atoms with Gasteiger partial charge in [-0.1, -0.05) is 66.7 Å². The van der Waals surface area contributed by atoms with Crippen molar-refractivity contribution in [3.8, 4) is 0 Å². The highest BCUT2D eigenvalue weighted by molar-refractivity contribution is 5.21. The molecule has 24 heavy (non-hydrogen) atoms. The Morgan fingerprint density at radius 1 is 0.583 bits per heavy atom. The van der Waals surface area contributed by atoms with Gasteiger partial charge in [0.15, 0.2) is 0 Å². The van der Waals surface area contributed by atoms with E-state index >= 15 is 0 Å². The minimum Gasteiger partial charge on any atom is -0.309 e. The summed E-state index contributed by atoms with van der Waals surface area (Å²) in [6, 6.07) is 25.0. The van der Waals surface area contributed by atoms with Gasteiger partial charge in [0.2, 0.25) is 0 Å². The Kier molecular flexibility index (Phi) is 6.12. The number of hydrogen-bond donors (Lipinski definition) is 2. The molecule has 0 unspecified atom stereocenters. The summed E-state index contributed by atoms with van der Waals surface area (Å²) in [7, 11) is 0. The maximum Gasteiger partial charge on any atom is 0.0586 e. The van der Waals surface area contributed by atoms with Gasteiger partial charge in [-0.3, -0.25) is 4.98 Å². The largest absolute Gasteiger partial charge is 0.309 e. The quantitative estimate of drug-likeness (QED) is 0.666. The third kappa shape index (κ3) is 5.01. The average molecular weight is 317 g/mol. The van der Waals surface area contributed by atoms with E-state index in [1.807, 2.05) is 24.4 Å². The van der Waals surface area contributed by atoms with Crippen LogP contribution in [0, 0.1) is 0 Å². The maximum absolute atomic E-state index is 4.53. The first-order valence-corrected chi connectivity index (χ1v) is 8.34. The number of nitrogens with zero attached hydrogens (tertiary/aromatic N) is 1. The van der Waals surface area contributed by atoms with Gasteiger partial charge < -0.3 is 10.6 Å². The summed E-state index contributed by atoms with van der Waals surface area (Å²) in [5, 5.41) is 6.97. The van der Waals surface area contributed by atoms with Crippen molar-refractivity contribution in [3.05, 3.63) is 101 Å². The van der Waals surface area contributed by atoms with Crippen LogP contribution in [0.4, 0.5) is 0 Å². The molecule has 2 aromatic carbocycles. The van der Waals surface area contributed by atoms with Crippen LogP contribution in [0.1, 0.15) is 22.4 Å². The standard InChI is InChI=1S/C21H23N3/c1-3-8-18(9-4-1)14-22-16-20-12-7-13-24-21(20)17-23-15-19-10-5-2-6-11-19/h1-13,22-23H,14-17H2. The predicted molar refractivity (Wildman–Crippen MR) is 98.2 cm³/mol. The zero-order valence-electron chi connectivity index (χ0n) is 13.8. The van der Waals surface area contributed by atoms with Crippen molar-refractivity contribution in [3.63, 3.8) is 0 Å². The second kappa shape index (κ2) is 8.96. The normalized spacial score (nSPS) is 10.7. The highest BCUT2D eigenvalue weighted by Gasteiger charge is 2.03. The van der Waals surface area contributed by atoms with Crippen LogP contribution >= 0.6 is 0 Å². The van der Waals surface area contributed by atoms with Gasteiger partial charge in [0.1, 0.15) is 0 Å². The first kappa shape index (κ1) is 16.4. The summed E-state index contributed by atoms with van der Waals surface area (Å²) < 4.78 is 0. The summed E-state index contributed by atoms with van der Waals surface area (Å²) in [6.45, 7) is 3.32. The molecule has 0 aliphatic rings. The second-order valence-corrected chi connectivity index (χ2v) is 5.79. The molecular formula is C21H23N3. The predicted octanol–water partition coefficient (Wildman–Crippen LogP) is 3.66. The van der Waals surface area contributed by atoms with Gasteiger partial charge in [-0.2, -0.15) is 0 Å². The van der Waals surface area contributed by atoms with Crippen LogP contribution in [-0.2, 0) is 26.2 Å². The number of benzene rings is 2. The molecule has 1 aromatic heterocycles. The van der Waals surface area contributed by atoms with E-state index in [0.717, 1.165) is 31.9 Å². The summed E-state index contributed by atoms with van der Waals surface area (Å²) in [4.78, 5) is 4.53. The molecular weight excluding hydrogens is 294 g/mol. The van der Waals surface area contributed by atoms with E-state index < -0.39 is 0 Å². The SMILES string of the molecule is c1ccc(CNCc2cccnc2CNCc2ccccc2)cc1. The molecule has 3 aromatic rings. The van der Waals surface area contributed by atoms with E-state index in [1.54, 1.807) is 0 Å². The van der Waals surface area contributed by atoms with Gasteiger partial charge in [-0.05, 0) is 22.8 Å². The molecule has 0 aliphatic heterocycles. The molecule has 0 amide bonds. The summed E-state index contributed by atoms with van der Waals surface area (Å²) in [5.41, 5.74) is 4.94. The van der Waals surface area contributed by atoms with E-state index in [4.69, 9.17) is 0 Å². The van der Waals surface area contributed by atoms with Crippen LogP contribution in [0.25, 0.3) is 0 Å². The Balaban J connectivity index is 1.51. The van der Waals surface area contributed by atoms with Crippen molar-refractivity contribution in [2.24, 2.45) is 0 Å². The zero-order valence-corrected chi connectivity index (χ0v) is 13.8. The fourth-order valence-electron chi connectivity index (χ4n) is 2.65. The van der Waals surface area contributed by atoms with E-state index in [9.17, 15) is 0 Å². The molecule has 2 N–H and O–H groups in total. The monoisotopic (exact) mass is 317 g/mol. The first-order chi connectivity index (χ1) is 11.9. The highest BCUT2D eigenvalue weighted by atomic mass is 14.9. The minimum atomic E-state index is 0.776. The lowest BCUT2D eigenvalue weighted by atomic mass is 10.1. The molecule has 0 aliphatic carbocycles. The van der Waals surface area contributed by atoms with Gasteiger partial charge >= 0.3 is 0 Å². The van der Waals surface area contributed by atoms with Crippen LogP contribution in [0.5, 0.6) is 0 Å². The van der Waals surface area contributed by atoms with Crippen LogP contribution in [0.15, 0.2) is 79.0 Å². The van der Waals surface area contributed by atoms with Crippen molar-refractivity contribution >= 4 is 0 Å². The molecule has 0 saturated carbocycles. The van der Waals surface area contributed by atoms with Gasteiger partial charge in [0.25, 0.3) is 0 Å². The molecule has 3 heteroatoms. The van der Waals surface area contributed by atoms with Gasteiger partial charge in [-0.15, -0.1) is 0 Å². The van der Waals surface area contributed by atoms with E-state index in [2.05, 4.69) is 70.2 Å². The van der Waals surface area contributed by atoms with Crippen molar-refractivity contribution in [1.29, 1.82) is 0 Å². The van der Waals surface area contributed by atoms with Gasteiger partial charge in [0, 0.05) is 32.4 Å². The van der Waals surface area contributed by atoms with Gasteiger partial charge in [0.05, 0.1) is 5.69 Å². The number of rotatable bonds is 8. The molecule has 1 heterocycles. The Hall–Kier alpha value is -2.49. The number of nitrogens with one attached hydrogen (secondary N) is 2. The van der Waals surface area contributed by atoms with E-state index in [1.165, 1.54) is 16.7 Å². The molecule has 0 bridgehead atoms. The van der Waals surface area contributed by atoms with Crippen molar-refractivity contribution in [2.45, 2.75) is 26.2 Å². The Bertz CT molecular complexity index is 662. The maximum atomic E-state index is 4.53. The fraction of sp³-hybridized carbons (Fsp3) is 0.190. The lowest BCUT2D eigenvalue weighted by Gasteiger charge is -2.11. The number of hydrogen-bond acceptors (Lipinski definition) is 3. The Morgan fingerprint density at radius 2 is 1.17 bits per heavy atom. The van der Waals surface area contributed by atoms with Gasteiger partial charge in [-0.25, -0.2) is 0 Å². The van der Waals surface area contributed by atoms with E-state index in [-0.39, 0.29) is 0 Å². The summed E-state index contributed by atoms with van der Waals surface area (Å²) in [6.07, 6.45) is 1.86. The lowest BCUT2D eigenvalue weighted by Crippen LogP contribution is -2.18. The first-order valence-electron chi connectivity index (χ1n) is 8.34. The second-order valence-electron chi connectivity index (χ2n) is 5.79. The number of aromatic nitrogens is 1. The van der Waals surface area contributed by atoms with Crippen LogP contribution in [0.3, 0.4) is 0 Å². The van der Waals surface area contributed by atoms with Crippen LogP contribution < -0.4 is 10.6 Å². The third-order valence-corrected chi connectivity index (χ3v) is 3.94. The van der Waals surface area contributed by atoms with Crippen LogP contribution in [0.2, 0.25) is 0 Å². The summed E-state index contributed by atoms with van der Waals surface area (Å²) in [5.74, 6) is 0. The smallest absolute Gasteiger partial charge is 0.0586 e. The molecule has 3 rings (SSSR count). The molecule has 0 fully saturated rings. The van der Waals surface area contributed by atoms with Crippen molar-refractivity contribution < 1.29 is 0 Å². The van der Waals surface area contributed by atoms with E-state index in [0.29, 0.717) is 0 Å². The van der Waals surface area contributed by atoms with Crippen LogP contribution in [-0.4, -0.2) is 4.98 Å². The third-order valence-electron chi connectivity index (χ3n) is 3.94. The van der Waals surface area contributed by atoms with Crippen molar-refractivity contribution in [2.75, 3.05) is 0 Å². The fourth-order valence-corrected chi connectivity index (χ4v) is 2.65. The summed E-state index contributed by atoms with van der Waals surface area (Å²) >= 11 is 0. The molecule has 0 spiro atoms. The Labute approximate surface area is 143 Å². The molecule has 0 atom stereocenters. The highest BCUT2D eigenvalue weighted by Crippen LogP contribution is 2.07. The number of pyridine rings is 1. The topological polar surface area (TPSA) is 37.0 Å². The minimum absolute atomic E-state index is 0.776. The zero-order chi connectivity index (χ0) is 16.5. The molecule has 122 valence electrons. The lowest BCUT2D eigenvalue weighted by molar-refractivity contribution is 0.647. The average Bonchev–Trinajstić information content (AvgIpc) is 2.65. The van der Waals surface area contributed by atoms with Crippen molar-refractivity contribution in [1.82, 2.24) is 15.6 Å². The molecule has 0 radical (unpaired) electrons. The molecule has 0 saturated heterocycles. The molecule has 3 nitrogen and oxygen atoms in total. The Morgan fingerprint density at radius 3 is 1.79 bits per heavy atom.